The highest BCUT2D eigenvalue weighted by molar-refractivity contribution is 5.79. The van der Waals surface area contributed by atoms with E-state index in [1.165, 1.54) is 6.42 Å². The first kappa shape index (κ1) is 18.2. The number of carboxylic acid groups (broad SMARTS) is 1. The Labute approximate surface area is 139 Å². The number of rotatable bonds is 5. The molecule has 1 saturated carbocycles. The summed E-state index contributed by atoms with van der Waals surface area (Å²) in [6.07, 6.45) is 4.83. The van der Waals surface area contributed by atoms with Crippen LogP contribution in [-0.2, 0) is 14.3 Å². The Morgan fingerprint density at radius 3 is 2.43 bits per heavy atom. The first-order chi connectivity index (χ1) is 10.7. The van der Waals surface area contributed by atoms with Crippen molar-refractivity contribution >= 4 is 11.9 Å². The molecule has 5 nitrogen and oxygen atoms in total. The fourth-order valence-electron chi connectivity index (χ4n) is 4.53. The smallest absolute Gasteiger partial charge is 0.311 e. The number of carbonyl (C=O) groups is 2. The lowest BCUT2D eigenvalue weighted by molar-refractivity contribution is -0.154. The van der Waals surface area contributed by atoms with Crippen LogP contribution in [0, 0.1) is 22.7 Å². The van der Waals surface area contributed by atoms with Gasteiger partial charge < -0.3 is 15.2 Å². The van der Waals surface area contributed by atoms with Crippen LogP contribution in [0.4, 0.5) is 0 Å². The summed E-state index contributed by atoms with van der Waals surface area (Å²) in [4.78, 5) is 23.9. The molecule has 2 atom stereocenters. The summed E-state index contributed by atoms with van der Waals surface area (Å²) in [7, 11) is 0. The van der Waals surface area contributed by atoms with E-state index in [0.717, 1.165) is 12.8 Å². The molecule has 23 heavy (non-hydrogen) atoms. The Balaban J connectivity index is 1.85. The fourth-order valence-corrected chi connectivity index (χ4v) is 4.53. The van der Waals surface area contributed by atoms with E-state index in [4.69, 9.17) is 4.74 Å². The topological polar surface area (TPSA) is 75.6 Å². The molecule has 0 aromatic heterocycles. The zero-order valence-electron chi connectivity index (χ0n) is 14.7. The lowest BCUT2D eigenvalue weighted by atomic mass is 9.67. The van der Waals surface area contributed by atoms with Gasteiger partial charge in [0.15, 0.2) is 0 Å². The normalized spacial score (nSPS) is 29.7. The summed E-state index contributed by atoms with van der Waals surface area (Å²) < 4.78 is 5.26. The van der Waals surface area contributed by atoms with Crippen molar-refractivity contribution in [3.05, 3.63) is 0 Å². The quantitative estimate of drug-likeness (QED) is 0.815. The van der Waals surface area contributed by atoms with Gasteiger partial charge in [0.25, 0.3) is 0 Å². The molecule has 0 aromatic rings. The molecule has 2 unspecified atom stereocenters. The first-order valence-electron chi connectivity index (χ1n) is 8.80. The number of hydrogen-bond donors (Lipinski definition) is 2. The number of carboxylic acids is 1. The van der Waals surface area contributed by atoms with E-state index in [1.54, 1.807) is 0 Å². The minimum atomic E-state index is -0.854. The van der Waals surface area contributed by atoms with Crippen molar-refractivity contribution in [3.8, 4) is 0 Å². The lowest BCUT2D eigenvalue weighted by Crippen LogP contribution is -2.47. The van der Waals surface area contributed by atoms with Crippen LogP contribution < -0.4 is 5.32 Å². The molecule has 0 bridgehead atoms. The highest BCUT2D eigenvalue weighted by atomic mass is 16.5. The van der Waals surface area contributed by atoms with Crippen LogP contribution in [0.25, 0.3) is 0 Å². The standard InChI is InChI=1S/C18H31NO4/c1-13-8-14(11-17(2,3)10-13)9-15(20)19-12-18(16(21)22)4-6-23-7-5-18/h13-14H,4-12H2,1-3H3,(H,19,20)(H,21,22). The molecule has 1 heterocycles. The maximum absolute atomic E-state index is 12.3. The summed E-state index contributed by atoms with van der Waals surface area (Å²) in [5.74, 6) is 0.224. The van der Waals surface area contributed by atoms with Gasteiger partial charge in [-0.2, -0.15) is 0 Å². The van der Waals surface area contributed by atoms with Gasteiger partial charge in [-0.25, -0.2) is 0 Å². The molecular formula is C18H31NO4. The van der Waals surface area contributed by atoms with Crippen LogP contribution in [0.3, 0.4) is 0 Å². The zero-order valence-corrected chi connectivity index (χ0v) is 14.7. The van der Waals surface area contributed by atoms with Gasteiger partial charge in [0.1, 0.15) is 0 Å². The Bertz CT molecular complexity index is 440. The number of amides is 1. The van der Waals surface area contributed by atoms with E-state index in [-0.39, 0.29) is 12.5 Å². The molecule has 1 saturated heterocycles. The van der Waals surface area contributed by atoms with Crippen LogP contribution in [0.1, 0.15) is 59.3 Å². The van der Waals surface area contributed by atoms with Gasteiger partial charge in [0, 0.05) is 26.2 Å². The van der Waals surface area contributed by atoms with E-state index >= 15 is 0 Å². The maximum Gasteiger partial charge on any atom is 0.311 e. The second-order valence-electron chi connectivity index (χ2n) is 8.46. The number of carbonyl (C=O) groups excluding carboxylic acids is 1. The number of hydrogen-bond acceptors (Lipinski definition) is 3. The molecule has 1 amide bonds. The third-order valence-electron chi connectivity index (χ3n) is 5.48. The van der Waals surface area contributed by atoms with Crippen LogP contribution >= 0.6 is 0 Å². The van der Waals surface area contributed by atoms with Crippen molar-refractivity contribution in [3.63, 3.8) is 0 Å². The van der Waals surface area contributed by atoms with Crippen molar-refractivity contribution in [2.75, 3.05) is 19.8 Å². The SMILES string of the molecule is CC1CC(CC(=O)NCC2(C(=O)O)CCOCC2)CC(C)(C)C1. The molecule has 2 rings (SSSR count). The molecule has 2 aliphatic rings. The Kier molecular flexibility index (Phi) is 5.71. The molecule has 1 aliphatic heterocycles. The van der Waals surface area contributed by atoms with E-state index in [2.05, 4.69) is 26.1 Å². The third kappa shape index (κ3) is 4.93. The molecule has 2 N–H and O–H groups in total. The van der Waals surface area contributed by atoms with Crippen molar-refractivity contribution in [2.45, 2.75) is 59.3 Å². The van der Waals surface area contributed by atoms with Crippen molar-refractivity contribution in [1.29, 1.82) is 0 Å². The van der Waals surface area contributed by atoms with Gasteiger partial charge in [-0.3, -0.25) is 9.59 Å². The minimum absolute atomic E-state index is 0.00739. The molecule has 1 aliphatic carbocycles. The summed E-state index contributed by atoms with van der Waals surface area (Å²) in [5.41, 5.74) is -0.557. The molecule has 0 aromatic carbocycles. The number of ether oxygens (including phenoxy) is 1. The maximum atomic E-state index is 12.3. The second-order valence-corrected chi connectivity index (χ2v) is 8.46. The van der Waals surface area contributed by atoms with Crippen LogP contribution in [0.15, 0.2) is 0 Å². The Hall–Kier alpha value is -1.10. The predicted molar refractivity (Wildman–Crippen MR) is 88.0 cm³/mol. The molecule has 132 valence electrons. The van der Waals surface area contributed by atoms with Gasteiger partial charge in [0.05, 0.1) is 5.41 Å². The first-order valence-corrected chi connectivity index (χ1v) is 8.80. The minimum Gasteiger partial charge on any atom is -0.481 e. The number of aliphatic carboxylic acids is 1. The third-order valence-corrected chi connectivity index (χ3v) is 5.48. The van der Waals surface area contributed by atoms with Crippen molar-refractivity contribution in [1.82, 2.24) is 5.32 Å². The molecular weight excluding hydrogens is 294 g/mol. The van der Waals surface area contributed by atoms with E-state index in [0.29, 0.717) is 49.7 Å². The van der Waals surface area contributed by atoms with E-state index < -0.39 is 11.4 Å². The van der Waals surface area contributed by atoms with Crippen LogP contribution in [0.5, 0.6) is 0 Å². The van der Waals surface area contributed by atoms with E-state index in [9.17, 15) is 14.7 Å². The number of nitrogens with one attached hydrogen (secondary N) is 1. The van der Waals surface area contributed by atoms with Gasteiger partial charge >= 0.3 is 5.97 Å². The van der Waals surface area contributed by atoms with E-state index in [1.807, 2.05) is 0 Å². The molecule has 0 radical (unpaired) electrons. The summed E-state index contributed by atoms with van der Waals surface area (Å²) >= 11 is 0. The lowest BCUT2D eigenvalue weighted by Gasteiger charge is -2.39. The van der Waals surface area contributed by atoms with Gasteiger partial charge in [-0.05, 0) is 49.4 Å². The van der Waals surface area contributed by atoms with Crippen LogP contribution in [0.2, 0.25) is 0 Å². The van der Waals surface area contributed by atoms with Gasteiger partial charge in [-0.1, -0.05) is 20.8 Å². The Morgan fingerprint density at radius 2 is 1.87 bits per heavy atom. The van der Waals surface area contributed by atoms with Crippen molar-refractivity contribution in [2.24, 2.45) is 22.7 Å². The zero-order chi connectivity index (χ0) is 17.1. The molecule has 5 heteroatoms. The van der Waals surface area contributed by atoms with Crippen LogP contribution in [-0.4, -0.2) is 36.7 Å². The Morgan fingerprint density at radius 1 is 1.22 bits per heavy atom. The fraction of sp³-hybridized carbons (Fsp3) is 0.889. The molecule has 2 fully saturated rings. The monoisotopic (exact) mass is 325 g/mol. The highest BCUT2D eigenvalue weighted by Gasteiger charge is 2.40. The van der Waals surface area contributed by atoms with Gasteiger partial charge in [0.2, 0.25) is 5.91 Å². The average molecular weight is 325 g/mol. The summed E-state index contributed by atoms with van der Waals surface area (Å²) in [5, 5.41) is 12.4. The highest BCUT2D eigenvalue weighted by Crippen LogP contribution is 2.42. The predicted octanol–water partition coefficient (Wildman–Crippen LogP) is 2.84. The summed E-state index contributed by atoms with van der Waals surface area (Å²) in [6.45, 7) is 7.93. The van der Waals surface area contributed by atoms with Crippen molar-refractivity contribution < 1.29 is 19.4 Å². The largest absolute Gasteiger partial charge is 0.481 e. The summed E-state index contributed by atoms with van der Waals surface area (Å²) in [6, 6.07) is 0. The second kappa shape index (κ2) is 7.20. The van der Waals surface area contributed by atoms with Gasteiger partial charge in [-0.15, -0.1) is 0 Å². The molecule has 0 spiro atoms. The average Bonchev–Trinajstić information content (AvgIpc) is 2.43.